The zero-order chi connectivity index (χ0) is 13.0. The summed E-state index contributed by atoms with van der Waals surface area (Å²) in [6.45, 7) is 4.43. The Labute approximate surface area is 107 Å². The number of aromatic nitrogens is 3. The van der Waals surface area contributed by atoms with Crippen LogP contribution < -0.4 is 0 Å². The second-order valence-electron chi connectivity index (χ2n) is 4.75. The maximum absolute atomic E-state index is 10.8. The molecule has 1 aromatic heterocycles. The molecule has 1 aromatic rings. The van der Waals surface area contributed by atoms with Crippen molar-refractivity contribution >= 4 is 5.97 Å². The smallest absolute Gasteiger partial charge is 0.317 e. The molecule has 0 spiro atoms. The number of hydrogen-bond acceptors (Lipinski definition) is 4. The fourth-order valence-corrected chi connectivity index (χ4v) is 2.41. The lowest BCUT2D eigenvalue weighted by molar-refractivity contribution is -0.138. The number of nitrogens with zero attached hydrogens (tertiary/aromatic N) is 4. The van der Waals surface area contributed by atoms with E-state index in [9.17, 15) is 4.79 Å². The van der Waals surface area contributed by atoms with E-state index in [-0.39, 0.29) is 6.54 Å². The summed E-state index contributed by atoms with van der Waals surface area (Å²) < 4.78 is 2.15. The Morgan fingerprint density at radius 3 is 3.00 bits per heavy atom. The molecule has 1 aliphatic heterocycles. The highest BCUT2D eigenvalue weighted by Crippen LogP contribution is 2.15. The summed E-state index contributed by atoms with van der Waals surface area (Å²) in [4.78, 5) is 12.7. The Hall–Kier alpha value is -1.43. The minimum Gasteiger partial charge on any atom is -0.480 e. The van der Waals surface area contributed by atoms with Crippen molar-refractivity contribution in [2.45, 2.75) is 45.7 Å². The molecule has 6 heteroatoms. The lowest BCUT2D eigenvalue weighted by Gasteiger charge is -2.20. The summed E-state index contributed by atoms with van der Waals surface area (Å²) in [5.74, 6) is 1.16. The molecule has 6 nitrogen and oxygen atoms in total. The van der Waals surface area contributed by atoms with E-state index in [1.54, 1.807) is 0 Å². The summed E-state index contributed by atoms with van der Waals surface area (Å²) in [5.41, 5.74) is 0. The normalized spacial score (nSPS) is 14.8. The second kappa shape index (κ2) is 5.95. The van der Waals surface area contributed by atoms with E-state index in [0.29, 0.717) is 6.54 Å². The second-order valence-corrected chi connectivity index (χ2v) is 4.75. The molecule has 0 bridgehead atoms. The Balaban J connectivity index is 2.06. The van der Waals surface area contributed by atoms with Crippen molar-refractivity contribution in [3.8, 4) is 0 Å². The van der Waals surface area contributed by atoms with Gasteiger partial charge in [-0.05, 0) is 25.8 Å². The van der Waals surface area contributed by atoms with Gasteiger partial charge in [0.25, 0.3) is 0 Å². The molecule has 0 atom stereocenters. The highest BCUT2D eigenvalue weighted by molar-refractivity contribution is 5.69. The molecule has 0 radical (unpaired) electrons. The van der Waals surface area contributed by atoms with Crippen molar-refractivity contribution in [3.05, 3.63) is 11.6 Å². The first-order valence-corrected chi connectivity index (χ1v) is 6.55. The summed E-state index contributed by atoms with van der Waals surface area (Å²) in [5, 5.41) is 17.3. The van der Waals surface area contributed by atoms with Gasteiger partial charge in [-0.25, -0.2) is 0 Å². The van der Waals surface area contributed by atoms with Crippen LogP contribution in [0.25, 0.3) is 0 Å². The van der Waals surface area contributed by atoms with Gasteiger partial charge in [-0.3, -0.25) is 9.69 Å². The average Bonchev–Trinajstić information content (AvgIpc) is 2.72. The monoisotopic (exact) mass is 252 g/mol. The van der Waals surface area contributed by atoms with E-state index in [4.69, 9.17) is 5.11 Å². The largest absolute Gasteiger partial charge is 0.480 e. The highest BCUT2D eigenvalue weighted by Gasteiger charge is 2.18. The predicted molar refractivity (Wildman–Crippen MR) is 66.2 cm³/mol. The van der Waals surface area contributed by atoms with Gasteiger partial charge < -0.3 is 9.67 Å². The fourth-order valence-electron chi connectivity index (χ4n) is 2.41. The van der Waals surface area contributed by atoms with Crippen LogP contribution in [-0.4, -0.2) is 43.8 Å². The van der Waals surface area contributed by atoms with Crippen molar-refractivity contribution in [2.75, 3.05) is 13.1 Å². The molecule has 1 aliphatic rings. The number of hydrogen-bond donors (Lipinski definition) is 1. The lowest BCUT2D eigenvalue weighted by atomic mass is 10.1. The summed E-state index contributed by atoms with van der Waals surface area (Å²) in [7, 11) is 0. The zero-order valence-electron chi connectivity index (χ0n) is 10.8. The van der Waals surface area contributed by atoms with Crippen LogP contribution in [0.2, 0.25) is 0 Å². The number of carbonyl (C=O) groups is 1. The van der Waals surface area contributed by atoms with Crippen LogP contribution in [0.3, 0.4) is 0 Å². The molecule has 0 saturated carbocycles. The van der Waals surface area contributed by atoms with Crippen molar-refractivity contribution < 1.29 is 9.90 Å². The van der Waals surface area contributed by atoms with Gasteiger partial charge in [0.15, 0.2) is 0 Å². The summed E-state index contributed by atoms with van der Waals surface area (Å²) in [6.07, 6.45) is 4.25. The first kappa shape index (κ1) is 13.0. The van der Waals surface area contributed by atoms with Gasteiger partial charge in [-0.1, -0.05) is 6.92 Å². The van der Waals surface area contributed by atoms with E-state index in [2.05, 4.69) is 14.8 Å². The Morgan fingerprint density at radius 2 is 2.28 bits per heavy atom. The predicted octanol–water partition coefficient (Wildman–Crippen LogP) is 0.911. The Kier molecular flexibility index (Phi) is 4.30. The van der Waals surface area contributed by atoms with E-state index in [1.807, 2.05) is 11.8 Å². The molecule has 0 aliphatic carbocycles. The van der Waals surface area contributed by atoms with Crippen molar-refractivity contribution in [2.24, 2.45) is 0 Å². The van der Waals surface area contributed by atoms with Crippen LogP contribution in [0.4, 0.5) is 0 Å². The minimum atomic E-state index is -0.790. The van der Waals surface area contributed by atoms with Crippen molar-refractivity contribution in [3.63, 3.8) is 0 Å². The number of carboxylic acid groups (broad SMARTS) is 1. The molecular weight excluding hydrogens is 232 g/mol. The molecule has 2 heterocycles. The van der Waals surface area contributed by atoms with Gasteiger partial charge in [0, 0.05) is 13.0 Å². The lowest BCUT2D eigenvalue weighted by Crippen LogP contribution is -2.31. The molecule has 0 fully saturated rings. The molecule has 100 valence electrons. The Bertz CT molecular complexity index is 416. The number of aliphatic carboxylic acids is 1. The molecule has 0 amide bonds. The quantitative estimate of drug-likeness (QED) is 0.815. The third-order valence-corrected chi connectivity index (χ3v) is 3.20. The zero-order valence-corrected chi connectivity index (χ0v) is 10.8. The minimum absolute atomic E-state index is 0.0655. The van der Waals surface area contributed by atoms with Crippen LogP contribution in [-0.2, 0) is 24.3 Å². The molecule has 18 heavy (non-hydrogen) atoms. The van der Waals surface area contributed by atoms with Crippen molar-refractivity contribution in [1.29, 1.82) is 0 Å². The van der Waals surface area contributed by atoms with E-state index in [1.165, 1.54) is 6.42 Å². The van der Waals surface area contributed by atoms with Gasteiger partial charge in [0.1, 0.15) is 11.6 Å². The van der Waals surface area contributed by atoms with E-state index < -0.39 is 5.97 Å². The molecule has 0 aromatic carbocycles. The molecular formula is C12H20N4O2. The highest BCUT2D eigenvalue weighted by atomic mass is 16.4. The average molecular weight is 252 g/mol. The van der Waals surface area contributed by atoms with Crippen LogP contribution in [0.15, 0.2) is 0 Å². The summed E-state index contributed by atoms with van der Waals surface area (Å²) in [6, 6.07) is 0. The van der Waals surface area contributed by atoms with Crippen LogP contribution >= 0.6 is 0 Å². The maximum atomic E-state index is 10.8. The molecule has 2 rings (SSSR count). The van der Waals surface area contributed by atoms with Crippen molar-refractivity contribution in [1.82, 2.24) is 19.7 Å². The standard InChI is InChI=1S/C12H20N4O2/c1-2-6-15(9-12(17)18)8-11-14-13-10-5-3-4-7-16(10)11/h2-9H2,1H3,(H,17,18). The molecule has 0 saturated heterocycles. The first-order chi connectivity index (χ1) is 8.70. The third-order valence-electron chi connectivity index (χ3n) is 3.20. The van der Waals surface area contributed by atoms with Gasteiger partial charge >= 0.3 is 5.97 Å². The number of rotatable bonds is 6. The Morgan fingerprint density at radius 1 is 1.44 bits per heavy atom. The maximum Gasteiger partial charge on any atom is 0.317 e. The van der Waals surface area contributed by atoms with Gasteiger partial charge in [-0.15, -0.1) is 10.2 Å². The van der Waals surface area contributed by atoms with Crippen LogP contribution in [0, 0.1) is 0 Å². The van der Waals surface area contributed by atoms with E-state index in [0.717, 1.165) is 44.0 Å². The SMILES string of the molecule is CCCN(CC(=O)O)Cc1nnc2n1CCCC2. The summed E-state index contributed by atoms with van der Waals surface area (Å²) >= 11 is 0. The number of fused-ring (bicyclic) bond motifs is 1. The van der Waals surface area contributed by atoms with Crippen LogP contribution in [0.1, 0.15) is 37.8 Å². The number of aryl methyl sites for hydroxylation is 1. The number of carboxylic acids is 1. The fraction of sp³-hybridized carbons (Fsp3) is 0.750. The van der Waals surface area contributed by atoms with E-state index >= 15 is 0 Å². The molecule has 0 unspecified atom stereocenters. The first-order valence-electron chi connectivity index (χ1n) is 6.55. The van der Waals surface area contributed by atoms with Gasteiger partial charge in [0.05, 0.1) is 13.1 Å². The van der Waals surface area contributed by atoms with Gasteiger partial charge in [-0.2, -0.15) is 0 Å². The van der Waals surface area contributed by atoms with Gasteiger partial charge in [0.2, 0.25) is 0 Å². The molecule has 1 N–H and O–H groups in total. The van der Waals surface area contributed by atoms with Crippen LogP contribution in [0.5, 0.6) is 0 Å². The third kappa shape index (κ3) is 3.07. The topological polar surface area (TPSA) is 71.2 Å².